The number of aryl methyl sites for hydroxylation is 1. The van der Waals surface area contributed by atoms with Crippen LogP contribution in [0.15, 0.2) is 47.4 Å². The molecule has 2 aromatic carbocycles. The van der Waals surface area contributed by atoms with E-state index < -0.39 is 40.7 Å². The maximum Gasteiger partial charge on any atom is 0.283 e. The molecular formula is C20H18ClF2N3O3S. The molecule has 1 fully saturated rings. The minimum Gasteiger partial charge on any atom is -0.338 e. The van der Waals surface area contributed by atoms with E-state index in [0.29, 0.717) is 0 Å². The van der Waals surface area contributed by atoms with E-state index in [1.807, 2.05) is 6.92 Å². The van der Waals surface area contributed by atoms with E-state index in [0.717, 1.165) is 14.6 Å². The van der Waals surface area contributed by atoms with Gasteiger partial charge in [-0.3, -0.25) is 4.79 Å². The van der Waals surface area contributed by atoms with E-state index in [1.54, 1.807) is 18.2 Å². The van der Waals surface area contributed by atoms with Crippen molar-refractivity contribution in [3.8, 4) is 0 Å². The largest absolute Gasteiger partial charge is 0.338 e. The number of nitrogens with zero attached hydrogens (tertiary/aromatic N) is 3. The predicted molar refractivity (Wildman–Crippen MR) is 110 cm³/mol. The first-order chi connectivity index (χ1) is 14.0. The number of alkyl halides is 2. The van der Waals surface area contributed by atoms with Gasteiger partial charge in [-0.15, -0.1) is 5.10 Å². The number of carbonyl (C=O) groups is 1. The Morgan fingerprint density at radius 3 is 2.50 bits per heavy atom. The lowest BCUT2D eigenvalue weighted by molar-refractivity contribution is -0.118. The van der Waals surface area contributed by atoms with Gasteiger partial charge in [-0.25, -0.2) is 8.78 Å². The van der Waals surface area contributed by atoms with Crippen molar-refractivity contribution in [1.82, 2.24) is 9.19 Å². The van der Waals surface area contributed by atoms with E-state index in [1.165, 1.54) is 31.2 Å². The standard InChI is InChI=1S/C20H18ClF2N3O3S/c1-12-6-8-14(9-7-12)30(28,29)26-16-5-3-4-15(21)18(16)19(24-26)25-11-20(22,23)10-17(25)13(2)27/h3-9,17H,10-11H2,1-2H3/t17-/m0/s1. The van der Waals surface area contributed by atoms with Gasteiger partial charge in [0.05, 0.1) is 33.4 Å². The van der Waals surface area contributed by atoms with Crippen LogP contribution in [0.5, 0.6) is 0 Å². The fourth-order valence-electron chi connectivity index (χ4n) is 3.68. The summed E-state index contributed by atoms with van der Waals surface area (Å²) in [6.07, 6.45) is -0.661. The molecule has 30 heavy (non-hydrogen) atoms. The maximum absolute atomic E-state index is 14.2. The van der Waals surface area contributed by atoms with Crippen LogP contribution in [0.3, 0.4) is 0 Å². The van der Waals surface area contributed by atoms with Crippen LogP contribution in [0.2, 0.25) is 5.02 Å². The number of hydrogen-bond acceptors (Lipinski definition) is 5. The van der Waals surface area contributed by atoms with Crippen LogP contribution in [0.1, 0.15) is 18.9 Å². The molecule has 1 aliphatic heterocycles. The number of carbonyl (C=O) groups excluding carboxylic acids is 1. The Bertz CT molecular complexity index is 1260. The smallest absolute Gasteiger partial charge is 0.283 e. The van der Waals surface area contributed by atoms with Crippen molar-refractivity contribution in [2.45, 2.75) is 37.1 Å². The molecule has 3 aromatic rings. The molecule has 0 N–H and O–H groups in total. The molecule has 4 rings (SSSR count). The Hall–Kier alpha value is -2.52. The van der Waals surface area contributed by atoms with Gasteiger partial charge in [0.1, 0.15) is 0 Å². The van der Waals surface area contributed by atoms with Crippen molar-refractivity contribution in [2.75, 3.05) is 11.4 Å². The van der Waals surface area contributed by atoms with E-state index in [4.69, 9.17) is 11.6 Å². The number of hydrogen-bond donors (Lipinski definition) is 0. The van der Waals surface area contributed by atoms with E-state index in [2.05, 4.69) is 5.10 Å². The Morgan fingerprint density at radius 1 is 1.20 bits per heavy atom. The Labute approximate surface area is 177 Å². The van der Waals surface area contributed by atoms with E-state index >= 15 is 0 Å². The Balaban J connectivity index is 1.96. The van der Waals surface area contributed by atoms with E-state index in [9.17, 15) is 22.0 Å². The molecule has 0 aliphatic carbocycles. The molecule has 1 saturated heterocycles. The summed E-state index contributed by atoms with van der Waals surface area (Å²) in [6, 6.07) is 9.66. The summed E-state index contributed by atoms with van der Waals surface area (Å²) in [6.45, 7) is 2.30. The summed E-state index contributed by atoms with van der Waals surface area (Å²) in [4.78, 5) is 13.2. The van der Waals surface area contributed by atoms with Gasteiger partial charge in [0, 0.05) is 6.42 Å². The highest BCUT2D eigenvalue weighted by Crippen LogP contribution is 2.41. The molecule has 1 atom stereocenters. The van der Waals surface area contributed by atoms with Crippen LogP contribution in [0.4, 0.5) is 14.6 Å². The Kier molecular flexibility index (Phi) is 4.85. The van der Waals surface area contributed by atoms with Gasteiger partial charge >= 0.3 is 0 Å². The van der Waals surface area contributed by atoms with Crippen LogP contribution in [-0.2, 0) is 14.8 Å². The second kappa shape index (κ2) is 7.02. The molecule has 2 heterocycles. The number of ketones is 1. The third kappa shape index (κ3) is 3.35. The topological polar surface area (TPSA) is 72.3 Å². The number of Topliss-reactive ketones (excluding diaryl/α,β-unsaturated/α-hetero) is 1. The summed E-state index contributed by atoms with van der Waals surface area (Å²) < 4.78 is 55.6. The lowest BCUT2D eigenvalue weighted by Crippen LogP contribution is -2.35. The first kappa shape index (κ1) is 20.7. The van der Waals surface area contributed by atoms with Gasteiger partial charge in [0.2, 0.25) is 0 Å². The van der Waals surface area contributed by atoms with E-state index in [-0.39, 0.29) is 26.6 Å². The van der Waals surface area contributed by atoms with Crippen molar-refractivity contribution in [3.05, 3.63) is 53.1 Å². The third-order valence-corrected chi connectivity index (χ3v) is 7.08. The summed E-state index contributed by atoms with van der Waals surface area (Å²) >= 11 is 6.32. The molecule has 0 saturated carbocycles. The number of fused-ring (bicyclic) bond motifs is 1. The molecule has 1 aromatic heterocycles. The quantitative estimate of drug-likeness (QED) is 0.596. The van der Waals surface area contributed by atoms with Gasteiger partial charge in [0.15, 0.2) is 11.6 Å². The molecule has 0 bridgehead atoms. The molecule has 0 radical (unpaired) electrons. The number of benzene rings is 2. The van der Waals surface area contributed by atoms with Gasteiger partial charge in [0.25, 0.3) is 15.9 Å². The lowest BCUT2D eigenvalue weighted by atomic mass is 10.1. The molecule has 6 nitrogen and oxygen atoms in total. The fraction of sp³-hybridized carbons (Fsp3) is 0.300. The zero-order chi connectivity index (χ0) is 21.8. The van der Waals surface area contributed by atoms with Gasteiger partial charge in [-0.1, -0.05) is 35.4 Å². The highest BCUT2D eigenvalue weighted by Gasteiger charge is 2.48. The van der Waals surface area contributed by atoms with Crippen LogP contribution in [0.25, 0.3) is 10.9 Å². The molecule has 0 unspecified atom stereocenters. The Morgan fingerprint density at radius 2 is 1.87 bits per heavy atom. The monoisotopic (exact) mass is 453 g/mol. The zero-order valence-corrected chi connectivity index (χ0v) is 17.7. The molecule has 1 aliphatic rings. The normalized spacial score (nSPS) is 18.8. The predicted octanol–water partition coefficient (Wildman–Crippen LogP) is 4.04. The van der Waals surface area contributed by atoms with Crippen molar-refractivity contribution in [2.24, 2.45) is 0 Å². The average molecular weight is 454 g/mol. The molecule has 10 heteroatoms. The minimum absolute atomic E-state index is 0.00102. The number of rotatable bonds is 4. The van der Waals surface area contributed by atoms with Crippen LogP contribution >= 0.6 is 11.6 Å². The molecule has 158 valence electrons. The maximum atomic E-state index is 14.2. The second-order valence-electron chi connectivity index (χ2n) is 7.43. The molecule has 0 amide bonds. The lowest BCUT2D eigenvalue weighted by Gasteiger charge is -2.22. The van der Waals surface area contributed by atoms with Crippen molar-refractivity contribution >= 4 is 44.1 Å². The van der Waals surface area contributed by atoms with Crippen molar-refractivity contribution < 1.29 is 22.0 Å². The van der Waals surface area contributed by atoms with Gasteiger partial charge in [-0.05, 0) is 38.1 Å². The summed E-state index contributed by atoms with van der Waals surface area (Å²) in [5, 5.41) is 4.55. The van der Waals surface area contributed by atoms with Crippen LogP contribution < -0.4 is 4.90 Å². The van der Waals surface area contributed by atoms with Gasteiger partial charge in [-0.2, -0.15) is 12.5 Å². The van der Waals surface area contributed by atoms with Crippen molar-refractivity contribution in [1.29, 1.82) is 0 Å². The summed E-state index contributed by atoms with van der Waals surface area (Å²) in [5.41, 5.74) is 1.03. The molecule has 0 spiro atoms. The highest BCUT2D eigenvalue weighted by atomic mass is 35.5. The molecular weight excluding hydrogens is 436 g/mol. The SMILES string of the molecule is CC(=O)[C@@H]1CC(F)(F)CN1c1nn(S(=O)(=O)c2ccc(C)cc2)c2cccc(Cl)c12. The number of anilines is 1. The van der Waals surface area contributed by atoms with Crippen LogP contribution in [0, 0.1) is 6.92 Å². The summed E-state index contributed by atoms with van der Waals surface area (Å²) in [5.74, 6) is -3.62. The summed E-state index contributed by atoms with van der Waals surface area (Å²) in [7, 11) is -4.13. The third-order valence-electron chi connectivity index (χ3n) is 5.16. The van der Waals surface area contributed by atoms with Crippen molar-refractivity contribution in [3.63, 3.8) is 0 Å². The van der Waals surface area contributed by atoms with Crippen LogP contribution in [-0.4, -0.2) is 41.9 Å². The number of aromatic nitrogens is 2. The highest BCUT2D eigenvalue weighted by molar-refractivity contribution is 7.90. The fourth-order valence-corrected chi connectivity index (χ4v) is 5.21. The first-order valence-corrected chi connectivity index (χ1v) is 11.0. The zero-order valence-electron chi connectivity index (χ0n) is 16.1. The first-order valence-electron chi connectivity index (χ1n) is 9.16. The average Bonchev–Trinajstić information content (AvgIpc) is 3.21. The van der Waals surface area contributed by atoms with Gasteiger partial charge < -0.3 is 4.90 Å². The second-order valence-corrected chi connectivity index (χ2v) is 9.61. The number of halogens is 3. The minimum atomic E-state index is -4.13.